The summed E-state index contributed by atoms with van der Waals surface area (Å²) in [5, 5.41) is 11.6. The van der Waals surface area contributed by atoms with Crippen LogP contribution in [0.5, 0.6) is 0 Å². The Morgan fingerprint density at radius 2 is 2.00 bits per heavy atom. The van der Waals surface area contributed by atoms with Crippen molar-refractivity contribution in [3.05, 3.63) is 0 Å². The first kappa shape index (κ1) is 18.2. The van der Waals surface area contributed by atoms with Crippen LogP contribution in [0.25, 0.3) is 0 Å². The zero-order chi connectivity index (χ0) is 14.9. The molecule has 0 aliphatic rings. The Morgan fingerprint density at radius 3 is 2.47 bits per heavy atom. The molecule has 0 radical (unpaired) electrons. The maximum absolute atomic E-state index is 11.6. The van der Waals surface area contributed by atoms with Crippen LogP contribution in [0.3, 0.4) is 0 Å². The lowest BCUT2D eigenvalue weighted by molar-refractivity contribution is -0.142. The smallest absolute Gasteiger partial charge is 0.326 e. The predicted octanol–water partition coefficient (Wildman–Crippen LogP) is 1.90. The van der Waals surface area contributed by atoms with E-state index in [1.165, 1.54) is 0 Å². The molecule has 112 valence electrons. The maximum Gasteiger partial charge on any atom is 0.326 e. The van der Waals surface area contributed by atoms with Crippen molar-refractivity contribution in [2.24, 2.45) is 0 Å². The van der Waals surface area contributed by atoms with Gasteiger partial charge in [-0.25, -0.2) is 4.79 Å². The fourth-order valence-corrected chi connectivity index (χ4v) is 1.82. The Labute approximate surface area is 119 Å². The molecule has 19 heavy (non-hydrogen) atoms. The molecular formula is C13H25NO4S. The summed E-state index contributed by atoms with van der Waals surface area (Å²) < 4.78 is 5.47. The molecule has 1 atom stereocenters. The molecule has 1 unspecified atom stereocenters. The second-order valence-corrected chi connectivity index (χ2v) is 6.29. The Hall–Kier alpha value is -0.750. The van der Waals surface area contributed by atoms with Crippen LogP contribution in [0.2, 0.25) is 0 Å². The molecule has 0 fully saturated rings. The van der Waals surface area contributed by atoms with Gasteiger partial charge >= 0.3 is 5.97 Å². The third kappa shape index (κ3) is 10.8. The topological polar surface area (TPSA) is 75.6 Å². The van der Waals surface area contributed by atoms with Gasteiger partial charge in [0.05, 0.1) is 5.60 Å². The number of nitrogens with one attached hydrogen (secondary N) is 1. The number of carboxylic acid groups (broad SMARTS) is 1. The lowest BCUT2D eigenvalue weighted by Crippen LogP contribution is -2.42. The number of rotatable bonds is 9. The Balaban J connectivity index is 4.05. The number of carboxylic acids is 1. The molecule has 0 aromatic rings. The first-order valence-corrected chi connectivity index (χ1v) is 7.80. The molecule has 0 heterocycles. The number of carbonyl (C=O) groups is 2. The van der Waals surface area contributed by atoms with Gasteiger partial charge in [-0.05, 0) is 39.2 Å². The molecule has 0 aliphatic heterocycles. The first-order valence-electron chi connectivity index (χ1n) is 6.41. The highest BCUT2D eigenvalue weighted by atomic mass is 32.2. The van der Waals surface area contributed by atoms with Crippen LogP contribution in [0.1, 0.15) is 40.0 Å². The molecule has 0 aromatic heterocycles. The van der Waals surface area contributed by atoms with Crippen molar-refractivity contribution < 1.29 is 19.4 Å². The maximum atomic E-state index is 11.6. The average Bonchev–Trinajstić information content (AvgIpc) is 2.26. The van der Waals surface area contributed by atoms with Crippen molar-refractivity contribution in [2.75, 3.05) is 18.6 Å². The van der Waals surface area contributed by atoms with Gasteiger partial charge in [0.2, 0.25) is 5.91 Å². The van der Waals surface area contributed by atoms with E-state index in [1.54, 1.807) is 11.8 Å². The third-order valence-electron chi connectivity index (χ3n) is 2.33. The average molecular weight is 291 g/mol. The minimum Gasteiger partial charge on any atom is -0.480 e. The summed E-state index contributed by atoms with van der Waals surface area (Å²) in [6.07, 6.45) is 3.38. The summed E-state index contributed by atoms with van der Waals surface area (Å²) >= 11 is 1.67. The van der Waals surface area contributed by atoms with Crippen molar-refractivity contribution in [1.82, 2.24) is 5.32 Å². The lowest BCUT2D eigenvalue weighted by Gasteiger charge is -2.21. The molecular weight excluding hydrogens is 266 g/mol. The quantitative estimate of drug-likeness (QED) is 0.635. The molecule has 2 N–H and O–H groups in total. The molecule has 0 aromatic carbocycles. The van der Waals surface area contributed by atoms with E-state index >= 15 is 0 Å². The number of hydrogen-bond donors (Lipinski definition) is 2. The van der Waals surface area contributed by atoms with Gasteiger partial charge in [0.25, 0.3) is 0 Å². The van der Waals surface area contributed by atoms with Crippen LogP contribution < -0.4 is 5.32 Å². The summed E-state index contributed by atoms with van der Waals surface area (Å²) in [7, 11) is 0. The van der Waals surface area contributed by atoms with Gasteiger partial charge in [0.15, 0.2) is 0 Å². The number of amides is 1. The molecule has 0 bridgehead atoms. The fraction of sp³-hybridized carbons (Fsp3) is 0.846. The van der Waals surface area contributed by atoms with Crippen LogP contribution in [-0.2, 0) is 14.3 Å². The number of thioether (sulfide) groups is 1. The monoisotopic (exact) mass is 291 g/mol. The van der Waals surface area contributed by atoms with E-state index in [9.17, 15) is 9.59 Å². The molecule has 0 aliphatic carbocycles. The van der Waals surface area contributed by atoms with Gasteiger partial charge in [0, 0.05) is 19.4 Å². The van der Waals surface area contributed by atoms with Crippen molar-refractivity contribution in [3.8, 4) is 0 Å². The van der Waals surface area contributed by atoms with E-state index in [0.29, 0.717) is 13.0 Å². The van der Waals surface area contributed by atoms with Crippen molar-refractivity contribution >= 4 is 23.6 Å². The minimum atomic E-state index is -1.02. The zero-order valence-electron chi connectivity index (χ0n) is 12.2. The summed E-state index contributed by atoms with van der Waals surface area (Å²) in [6.45, 7) is 6.03. The summed E-state index contributed by atoms with van der Waals surface area (Å²) in [6, 6.07) is -0.871. The number of aliphatic carboxylic acids is 1. The second-order valence-electron chi connectivity index (χ2n) is 5.30. The van der Waals surface area contributed by atoms with Crippen LogP contribution in [0, 0.1) is 0 Å². The fourth-order valence-electron chi connectivity index (χ4n) is 1.38. The molecule has 0 rings (SSSR count). The summed E-state index contributed by atoms with van der Waals surface area (Å²) in [5.41, 5.74) is -0.300. The zero-order valence-corrected chi connectivity index (χ0v) is 13.0. The first-order chi connectivity index (χ1) is 8.76. The van der Waals surface area contributed by atoms with Gasteiger partial charge in [0.1, 0.15) is 6.04 Å². The van der Waals surface area contributed by atoms with Crippen LogP contribution in [0.4, 0.5) is 0 Å². The van der Waals surface area contributed by atoms with Crippen LogP contribution >= 0.6 is 11.8 Å². The van der Waals surface area contributed by atoms with Crippen LogP contribution in [0.15, 0.2) is 0 Å². The standard InChI is InChI=1S/C13H25NO4S/c1-13(2,3)18-8-7-10(12(16)17)14-11(15)6-5-9-19-4/h10H,5-9H2,1-4H3,(H,14,15)(H,16,17). The van der Waals surface area contributed by atoms with E-state index in [4.69, 9.17) is 9.84 Å². The highest BCUT2D eigenvalue weighted by molar-refractivity contribution is 7.98. The highest BCUT2D eigenvalue weighted by Crippen LogP contribution is 2.08. The SMILES string of the molecule is CSCCCC(=O)NC(CCOC(C)(C)C)C(=O)O. The van der Waals surface area contributed by atoms with Gasteiger partial charge in [-0.3, -0.25) is 4.79 Å². The minimum absolute atomic E-state index is 0.211. The largest absolute Gasteiger partial charge is 0.480 e. The number of ether oxygens (including phenoxy) is 1. The summed E-state index contributed by atoms with van der Waals surface area (Å²) in [5.74, 6) is -0.328. The lowest BCUT2D eigenvalue weighted by atomic mass is 10.1. The molecule has 0 spiro atoms. The van der Waals surface area contributed by atoms with Gasteiger partial charge in [-0.1, -0.05) is 0 Å². The van der Waals surface area contributed by atoms with Gasteiger partial charge < -0.3 is 15.2 Å². The third-order valence-corrected chi connectivity index (χ3v) is 3.02. The normalized spacial score (nSPS) is 13.1. The molecule has 0 saturated heterocycles. The van der Waals surface area contributed by atoms with E-state index in [0.717, 1.165) is 12.2 Å². The molecule has 1 amide bonds. The molecule has 0 saturated carbocycles. The Morgan fingerprint density at radius 1 is 1.37 bits per heavy atom. The van der Waals surface area contributed by atoms with E-state index in [1.807, 2.05) is 27.0 Å². The van der Waals surface area contributed by atoms with E-state index < -0.39 is 12.0 Å². The second kappa shape index (κ2) is 9.20. The van der Waals surface area contributed by atoms with E-state index in [-0.39, 0.29) is 17.9 Å². The van der Waals surface area contributed by atoms with Gasteiger partial charge in [-0.15, -0.1) is 0 Å². The number of hydrogen-bond acceptors (Lipinski definition) is 4. The number of carbonyl (C=O) groups excluding carboxylic acids is 1. The molecule has 5 nitrogen and oxygen atoms in total. The Kier molecular flexibility index (Phi) is 8.84. The van der Waals surface area contributed by atoms with Crippen molar-refractivity contribution in [1.29, 1.82) is 0 Å². The van der Waals surface area contributed by atoms with E-state index in [2.05, 4.69) is 5.32 Å². The summed E-state index contributed by atoms with van der Waals surface area (Å²) in [4.78, 5) is 22.6. The highest BCUT2D eigenvalue weighted by Gasteiger charge is 2.20. The molecule has 6 heteroatoms. The van der Waals surface area contributed by atoms with Crippen LogP contribution in [-0.4, -0.2) is 47.2 Å². The predicted molar refractivity (Wildman–Crippen MR) is 77.5 cm³/mol. The van der Waals surface area contributed by atoms with Crippen molar-refractivity contribution in [3.63, 3.8) is 0 Å². The van der Waals surface area contributed by atoms with Crippen molar-refractivity contribution in [2.45, 2.75) is 51.7 Å². The Bertz CT molecular complexity index is 289. The van der Waals surface area contributed by atoms with Gasteiger partial charge in [-0.2, -0.15) is 11.8 Å².